The summed E-state index contributed by atoms with van der Waals surface area (Å²) in [7, 11) is 0. The maximum atomic E-state index is 13.7. The van der Waals surface area contributed by atoms with Gasteiger partial charge in [0.15, 0.2) is 0 Å². The Balaban J connectivity index is 2.06. The van der Waals surface area contributed by atoms with E-state index in [9.17, 15) is 8.78 Å². The molecule has 27 heavy (non-hydrogen) atoms. The van der Waals surface area contributed by atoms with E-state index in [1.54, 1.807) is 37.3 Å². The highest BCUT2D eigenvalue weighted by Crippen LogP contribution is 2.26. The first-order chi connectivity index (χ1) is 13.0. The van der Waals surface area contributed by atoms with Crippen molar-refractivity contribution in [2.75, 3.05) is 5.32 Å². The summed E-state index contributed by atoms with van der Waals surface area (Å²) in [6, 6.07) is 10.1. The number of nitrogens with zero attached hydrogens (tertiary/aromatic N) is 1. The fourth-order valence-electron chi connectivity index (χ4n) is 2.36. The number of halogens is 2. The second-order valence-corrected chi connectivity index (χ2v) is 7.37. The van der Waals surface area contributed by atoms with Gasteiger partial charge in [-0.05, 0) is 44.0 Å². The number of benzene rings is 1. The number of pyridine rings is 1. The molecule has 0 saturated carbocycles. The van der Waals surface area contributed by atoms with Gasteiger partial charge < -0.3 is 9.50 Å². The zero-order valence-corrected chi connectivity index (χ0v) is 16.8. The quantitative estimate of drug-likeness (QED) is 0.365. The number of nitrogens with one attached hydrogen (secondary N) is 1. The minimum atomic E-state index is -0.600. The third-order valence-electron chi connectivity index (χ3n) is 4.01. The van der Waals surface area contributed by atoms with Crippen LogP contribution in [-0.2, 0) is 6.67 Å². The van der Waals surface area contributed by atoms with Crippen LogP contribution in [0.5, 0.6) is 5.75 Å². The summed E-state index contributed by atoms with van der Waals surface area (Å²) in [5, 5.41) is 3.24. The van der Waals surface area contributed by atoms with Gasteiger partial charge >= 0.3 is 0 Å². The largest absolute Gasteiger partial charge is 0.425 e. The monoisotopic (exact) mass is 392 g/mol. The second-order valence-electron chi connectivity index (χ2n) is 6.31. The molecule has 0 saturated heterocycles. The molecule has 1 aromatic carbocycles. The molecular weight excluding hydrogens is 366 g/mol. The number of anilines is 1. The van der Waals surface area contributed by atoms with Gasteiger partial charge in [0.25, 0.3) is 0 Å². The third kappa shape index (κ3) is 6.86. The predicted molar refractivity (Wildman–Crippen MR) is 109 cm³/mol. The molecule has 3 nitrogen and oxygen atoms in total. The van der Waals surface area contributed by atoms with E-state index in [4.69, 9.17) is 4.18 Å². The van der Waals surface area contributed by atoms with E-state index in [0.717, 1.165) is 25.0 Å². The van der Waals surface area contributed by atoms with Gasteiger partial charge in [-0.2, -0.15) is 0 Å². The van der Waals surface area contributed by atoms with Crippen LogP contribution < -0.4 is 9.50 Å². The van der Waals surface area contributed by atoms with Crippen molar-refractivity contribution >= 4 is 17.9 Å². The van der Waals surface area contributed by atoms with E-state index in [2.05, 4.69) is 23.3 Å². The Hall–Kier alpha value is -2.08. The summed E-state index contributed by atoms with van der Waals surface area (Å²) in [6.07, 6.45) is 5.21. The van der Waals surface area contributed by atoms with Crippen LogP contribution in [0.4, 0.5) is 14.6 Å². The van der Waals surface area contributed by atoms with Gasteiger partial charge in [-0.15, -0.1) is 0 Å². The molecule has 0 aliphatic heterocycles. The molecule has 0 spiro atoms. The predicted octanol–water partition coefficient (Wildman–Crippen LogP) is 6.60. The smallest absolute Gasteiger partial charge is 0.140 e. The number of aromatic nitrogens is 1. The van der Waals surface area contributed by atoms with Crippen molar-refractivity contribution in [3.8, 4) is 5.75 Å². The molecule has 1 heterocycles. The standard InChI is InChI=1S/C21H26F2N2OS/c1-4-5-6-9-20(25-21-10-7-8-17(14-22)24-21)16(3)27-26-18-12-11-15(2)19(23)13-18/h7-13,16H,4-6,14H2,1-3H3,(H,24,25)/b20-9-. The summed E-state index contributed by atoms with van der Waals surface area (Å²) in [5.74, 6) is 0.784. The van der Waals surface area contributed by atoms with Crippen molar-refractivity contribution in [3.05, 3.63) is 65.2 Å². The highest BCUT2D eigenvalue weighted by molar-refractivity contribution is 7.95. The minimum absolute atomic E-state index is 0.0398. The average molecular weight is 393 g/mol. The van der Waals surface area contributed by atoms with Crippen molar-refractivity contribution in [2.45, 2.75) is 52.0 Å². The highest BCUT2D eigenvalue weighted by atomic mass is 32.2. The lowest BCUT2D eigenvalue weighted by molar-refractivity contribution is 0.476. The summed E-state index contributed by atoms with van der Waals surface area (Å²) >= 11 is 1.24. The fraction of sp³-hybridized carbons (Fsp3) is 0.381. The van der Waals surface area contributed by atoms with Crippen molar-refractivity contribution < 1.29 is 13.0 Å². The van der Waals surface area contributed by atoms with E-state index in [1.807, 2.05) is 6.92 Å². The van der Waals surface area contributed by atoms with Gasteiger partial charge in [0.1, 0.15) is 24.1 Å². The molecule has 0 amide bonds. The molecule has 0 aliphatic carbocycles. The molecule has 0 radical (unpaired) electrons. The van der Waals surface area contributed by atoms with Crippen molar-refractivity contribution in [1.29, 1.82) is 0 Å². The molecule has 2 aromatic rings. The minimum Gasteiger partial charge on any atom is -0.425 e. The average Bonchev–Trinajstić information content (AvgIpc) is 2.68. The Morgan fingerprint density at radius 3 is 2.85 bits per heavy atom. The Morgan fingerprint density at radius 2 is 2.15 bits per heavy atom. The number of aryl methyl sites for hydroxylation is 1. The first kappa shape index (κ1) is 21.2. The van der Waals surface area contributed by atoms with E-state index in [-0.39, 0.29) is 11.1 Å². The summed E-state index contributed by atoms with van der Waals surface area (Å²) < 4.78 is 32.2. The normalized spacial score (nSPS) is 12.7. The maximum absolute atomic E-state index is 13.7. The summed E-state index contributed by atoms with van der Waals surface area (Å²) in [5.41, 5.74) is 1.91. The molecular formula is C21H26F2N2OS. The molecule has 1 unspecified atom stereocenters. The third-order valence-corrected chi connectivity index (χ3v) is 4.84. The highest BCUT2D eigenvalue weighted by Gasteiger charge is 2.13. The number of unbranched alkanes of at least 4 members (excludes halogenated alkanes) is 2. The van der Waals surface area contributed by atoms with E-state index >= 15 is 0 Å². The number of rotatable bonds is 10. The van der Waals surface area contributed by atoms with Crippen LogP contribution in [0.1, 0.15) is 44.4 Å². The molecule has 2 rings (SSSR count). The Morgan fingerprint density at radius 1 is 1.33 bits per heavy atom. The molecule has 0 bridgehead atoms. The Kier molecular flexibility index (Phi) is 8.58. The van der Waals surface area contributed by atoms with Gasteiger partial charge in [0, 0.05) is 11.8 Å². The first-order valence-corrected chi connectivity index (χ1v) is 9.92. The Labute approximate surface area is 164 Å². The Bertz CT molecular complexity index is 768. The van der Waals surface area contributed by atoms with Gasteiger partial charge in [0.2, 0.25) is 0 Å². The van der Waals surface area contributed by atoms with Gasteiger partial charge in [-0.25, -0.2) is 13.8 Å². The van der Waals surface area contributed by atoms with Crippen LogP contribution in [0.25, 0.3) is 0 Å². The lowest BCUT2D eigenvalue weighted by Gasteiger charge is -2.18. The first-order valence-electron chi connectivity index (χ1n) is 9.12. The lowest BCUT2D eigenvalue weighted by Crippen LogP contribution is -2.13. The topological polar surface area (TPSA) is 34.2 Å². The van der Waals surface area contributed by atoms with Crippen LogP contribution in [0.2, 0.25) is 0 Å². The molecule has 0 fully saturated rings. The zero-order chi connectivity index (χ0) is 19.6. The number of hydrogen-bond acceptors (Lipinski definition) is 4. The number of alkyl halides is 1. The van der Waals surface area contributed by atoms with Crippen LogP contribution in [-0.4, -0.2) is 10.2 Å². The van der Waals surface area contributed by atoms with E-state index in [1.165, 1.54) is 18.1 Å². The van der Waals surface area contributed by atoms with E-state index < -0.39 is 6.67 Å². The second kappa shape index (κ2) is 10.9. The molecule has 1 N–H and O–H groups in total. The molecule has 6 heteroatoms. The number of allylic oxidation sites excluding steroid dienone is 1. The molecule has 1 atom stereocenters. The van der Waals surface area contributed by atoms with Crippen molar-refractivity contribution in [1.82, 2.24) is 4.98 Å². The molecule has 0 aliphatic rings. The van der Waals surface area contributed by atoms with Crippen molar-refractivity contribution in [3.63, 3.8) is 0 Å². The van der Waals surface area contributed by atoms with Gasteiger partial charge in [-0.1, -0.05) is 38.0 Å². The summed E-state index contributed by atoms with van der Waals surface area (Å²) in [4.78, 5) is 4.25. The van der Waals surface area contributed by atoms with Crippen LogP contribution in [0, 0.1) is 12.7 Å². The van der Waals surface area contributed by atoms with Gasteiger partial charge in [-0.3, -0.25) is 0 Å². The fourth-order valence-corrected chi connectivity index (χ4v) is 2.97. The van der Waals surface area contributed by atoms with E-state index in [0.29, 0.717) is 22.8 Å². The van der Waals surface area contributed by atoms with Crippen LogP contribution in [0.15, 0.2) is 48.2 Å². The van der Waals surface area contributed by atoms with Crippen molar-refractivity contribution in [2.24, 2.45) is 0 Å². The molecule has 146 valence electrons. The van der Waals surface area contributed by atoms with Crippen LogP contribution >= 0.6 is 12.0 Å². The summed E-state index contributed by atoms with van der Waals surface area (Å²) in [6.45, 7) is 5.25. The van der Waals surface area contributed by atoms with Crippen LogP contribution in [0.3, 0.4) is 0 Å². The molecule has 1 aromatic heterocycles. The number of hydrogen-bond donors (Lipinski definition) is 1. The van der Waals surface area contributed by atoms with Gasteiger partial charge in [0.05, 0.1) is 23.0 Å². The SMILES string of the molecule is CCCC/C=C(\Nc1cccc(CF)n1)C(C)SOc1ccc(C)c(F)c1. The zero-order valence-electron chi connectivity index (χ0n) is 16.0. The lowest BCUT2D eigenvalue weighted by atomic mass is 10.2. The maximum Gasteiger partial charge on any atom is 0.140 e.